The van der Waals surface area contributed by atoms with Crippen molar-refractivity contribution in [2.24, 2.45) is 0 Å². The van der Waals surface area contributed by atoms with Crippen molar-refractivity contribution >= 4 is 17.5 Å². The van der Waals surface area contributed by atoms with Gasteiger partial charge in [-0.25, -0.2) is 4.98 Å². The van der Waals surface area contributed by atoms with E-state index in [-0.39, 0.29) is 24.1 Å². The van der Waals surface area contributed by atoms with Crippen LogP contribution in [-0.2, 0) is 6.18 Å². The molecule has 0 bridgehead atoms. The highest BCUT2D eigenvalue weighted by atomic mass is 19.4. The number of anilines is 3. The number of para-hydroxylation sites is 1. The Labute approximate surface area is 159 Å². The Morgan fingerprint density at radius 1 is 1.04 bits per heavy atom. The summed E-state index contributed by atoms with van der Waals surface area (Å²) < 4.78 is 39.8. The van der Waals surface area contributed by atoms with Gasteiger partial charge in [-0.3, -0.25) is 4.98 Å². The highest BCUT2D eigenvalue weighted by molar-refractivity contribution is 5.68. The van der Waals surface area contributed by atoms with E-state index in [1.165, 1.54) is 18.2 Å². The number of hydrogen-bond acceptors (Lipinski definition) is 6. The van der Waals surface area contributed by atoms with Crippen molar-refractivity contribution in [3.8, 4) is 11.3 Å². The SMILES string of the molecule is OCCCNc1nc(Nc2ccccc2C(F)(F)F)cc(-c2cccnc2)n1. The van der Waals surface area contributed by atoms with Crippen molar-refractivity contribution in [3.05, 3.63) is 60.4 Å². The first kappa shape index (κ1) is 19.6. The van der Waals surface area contributed by atoms with E-state index in [9.17, 15) is 13.2 Å². The largest absolute Gasteiger partial charge is 0.418 e. The number of nitrogens with one attached hydrogen (secondary N) is 2. The average molecular weight is 389 g/mol. The second kappa shape index (κ2) is 8.66. The third-order valence-electron chi connectivity index (χ3n) is 3.80. The van der Waals surface area contributed by atoms with Crippen molar-refractivity contribution < 1.29 is 18.3 Å². The summed E-state index contributed by atoms with van der Waals surface area (Å²) in [5.41, 5.74) is 0.308. The maximum Gasteiger partial charge on any atom is 0.418 e. The molecule has 1 aromatic carbocycles. The number of pyridine rings is 1. The van der Waals surface area contributed by atoms with Crippen LogP contribution < -0.4 is 10.6 Å². The Hall–Kier alpha value is -3.20. The molecule has 0 atom stereocenters. The maximum atomic E-state index is 13.3. The van der Waals surface area contributed by atoms with E-state index in [1.54, 1.807) is 30.6 Å². The number of aliphatic hydroxyl groups is 1. The molecular formula is C19H18F3N5O. The zero-order valence-electron chi connectivity index (χ0n) is 14.7. The summed E-state index contributed by atoms with van der Waals surface area (Å²) in [6, 6.07) is 10.3. The summed E-state index contributed by atoms with van der Waals surface area (Å²) >= 11 is 0. The van der Waals surface area contributed by atoms with E-state index < -0.39 is 11.7 Å². The minimum absolute atomic E-state index is 0.000634. The van der Waals surface area contributed by atoms with Crippen LogP contribution in [0.15, 0.2) is 54.9 Å². The van der Waals surface area contributed by atoms with E-state index >= 15 is 0 Å². The van der Waals surface area contributed by atoms with Gasteiger partial charge in [0, 0.05) is 37.2 Å². The van der Waals surface area contributed by atoms with Gasteiger partial charge in [0.05, 0.1) is 16.9 Å². The van der Waals surface area contributed by atoms with Gasteiger partial charge < -0.3 is 15.7 Å². The molecule has 146 valence electrons. The van der Waals surface area contributed by atoms with Gasteiger partial charge in [-0.1, -0.05) is 12.1 Å². The first-order valence-electron chi connectivity index (χ1n) is 8.55. The summed E-state index contributed by atoms with van der Waals surface area (Å²) in [6.07, 6.45) is -0.789. The highest BCUT2D eigenvalue weighted by Gasteiger charge is 2.33. The highest BCUT2D eigenvalue weighted by Crippen LogP contribution is 2.36. The Morgan fingerprint density at radius 3 is 2.57 bits per heavy atom. The lowest BCUT2D eigenvalue weighted by Gasteiger charge is -2.15. The predicted molar refractivity (Wildman–Crippen MR) is 100 cm³/mol. The zero-order chi connectivity index (χ0) is 20.0. The van der Waals surface area contributed by atoms with Gasteiger partial charge in [-0.2, -0.15) is 18.2 Å². The van der Waals surface area contributed by atoms with Gasteiger partial charge in [0.25, 0.3) is 0 Å². The normalized spacial score (nSPS) is 11.3. The van der Waals surface area contributed by atoms with Gasteiger partial charge in [-0.05, 0) is 30.7 Å². The Morgan fingerprint density at radius 2 is 1.86 bits per heavy atom. The van der Waals surface area contributed by atoms with Crippen LogP contribution in [-0.4, -0.2) is 33.2 Å². The number of benzene rings is 1. The first-order valence-corrected chi connectivity index (χ1v) is 8.55. The quantitative estimate of drug-likeness (QED) is 0.528. The molecule has 0 saturated heterocycles. The topological polar surface area (TPSA) is 83.0 Å². The van der Waals surface area contributed by atoms with E-state index in [0.717, 1.165) is 6.07 Å². The predicted octanol–water partition coefficient (Wildman–Crippen LogP) is 4.10. The van der Waals surface area contributed by atoms with Crippen LogP contribution in [0.3, 0.4) is 0 Å². The molecule has 28 heavy (non-hydrogen) atoms. The van der Waals surface area contributed by atoms with Gasteiger partial charge >= 0.3 is 6.18 Å². The van der Waals surface area contributed by atoms with E-state index in [0.29, 0.717) is 24.2 Å². The molecule has 2 aromatic heterocycles. The minimum atomic E-state index is -4.50. The van der Waals surface area contributed by atoms with Crippen molar-refractivity contribution in [1.29, 1.82) is 0 Å². The summed E-state index contributed by atoms with van der Waals surface area (Å²) in [7, 11) is 0. The number of aliphatic hydroxyl groups excluding tert-OH is 1. The van der Waals surface area contributed by atoms with E-state index in [2.05, 4.69) is 25.6 Å². The number of halogens is 3. The third kappa shape index (κ3) is 4.95. The van der Waals surface area contributed by atoms with Crippen LogP contribution in [0.5, 0.6) is 0 Å². The molecule has 0 unspecified atom stereocenters. The van der Waals surface area contributed by atoms with Crippen LogP contribution in [0.25, 0.3) is 11.3 Å². The molecule has 0 radical (unpaired) electrons. The molecule has 9 heteroatoms. The fourth-order valence-electron chi connectivity index (χ4n) is 2.51. The molecule has 3 aromatic rings. The molecule has 6 nitrogen and oxygen atoms in total. The smallest absolute Gasteiger partial charge is 0.396 e. The second-order valence-electron chi connectivity index (χ2n) is 5.88. The van der Waals surface area contributed by atoms with Crippen molar-refractivity contribution in [1.82, 2.24) is 15.0 Å². The number of rotatable bonds is 7. The number of nitrogens with zero attached hydrogens (tertiary/aromatic N) is 3. The lowest BCUT2D eigenvalue weighted by Crippen LogP contribution is -2.11. The zero-order valence-corrected chi connectivity index (χ0v) is 14.7. The third-order valence-corrected chi connectivity index (χ3v) is 3.80. The van der Waals surface area contributed by atoms with E-state index in [4.69, 9.17) is 5.11 Å². The van der Waals surface area contributed by atoms with Crippen LogP contribution in [0.2, 0.25) is 0 Å². The summed E-state index contributed by atoms with van der Waals surface area (Å²) in [4.78, 5) is 12.7. The summed E-state index contributed by atoms with van der Waals surface area (Å²) in [5, 5.41) is 14.6. The number of hydrogen-bond donors (Lipinski definition) is 3. The Bertz CT molecular complexity index is 919. The molecule has 2 heterocycles. The Balaban J connectivity index is 1.97. The van der Waals surface area contributed by atoms with Gasteiger partial charge in [0.2, 0.25) is 5.95 Å². The molecule has 0 saturated carbocycles. The van der Waals surface area contributed by atoms with Crippen molar-refractivity contribution in [2.45, 2.75) is 12.6 Å². The standard InChI is InChI=1S/C19H18F3N5O/c20-19(21,22)14-6-1-2-7-15(14)25-17-11-16(13-5-3-8-23-12-13)26-18(27-17)24-9-4-10-28/h1-3,5-8,11-12,28H,4,9-10H2,(H2,24,25,26,27). The lowest BCUT2D eigenvalue weighted by molar-refractivity contribution is -0.136. The molecular weight excluding hydrogens is 371 g/mol. The molecule has 0 aliphatic carbocycles. The molecule has 0 aliphatic heterocycles. The van der Waals surface area contributed by atoms with Crippen LogP contribution in [0, 0.1) is 0 Å². The van der Waals surface area contributed by atoms with E-state index in [1.807, 2.05) is 0 Å². The van der Waals surface area contributed by atoms with Gasteiger partial charge in [0.1, 0.15) is 5.82 Å². The second-order valence-corrected chi connectivity index (χ2v) is 5.88. The lowest BCUT2D eigenvalue weighted by atomic mass is 10.1. The van der Waals surface area contributed by atoms with Gasteiger partial charge in [-0.15, -0.1) is 0 Å². The van der Waals surface area contributed by atoms with Gasteiger partial charge in [0.15, 0.2) is 0 Å². The van der Waals surface area contributed by atoms with Crippen molar-refractivity contribution in [3.63, 3.8) is 0 Å². The fraction of sp³-hybridized carbons (Fsp3) is 0.211. The molecule has 0 fully saturated rings. The Kier molecular flexibility index (Phi) is 6.05. The fourth-order valence-corrected chi connectivity index (χ4v) is 2.51. The number of alkyl halides is 3. The van der Waals surface area contributed by atoms with Crippen LogP contribution in [0.1, 0.15) is 12.0 Å². The molecule has 3 N–H and O–H groups in total. The first-order chi connectivity index (χ1) is 13.5. The summed E-state index contributed by atoms with van der Waals surface area (Å²) in [5.74, 6) is 0.443. The molecule has 3 rings (SSSR count). The van der Waals surface area contributed by atoms with Crippen LogP contribution in [0.4, 0.5) is 30.6 Å². The molecule has 0 spiro atoms. The molecule has 0 amide bonds. The maximum absolute atomic E-state index is 13.3. The average Bonchev–Trinajstić information content (AvgIpc) is 2.68. The summed E-state index contributed by atoms with van der Waals surface area (Å²) in [6.45, 7) is 0.422. The van der Waals surface area contributed by atoms with Crippen molar-refractivity contribution in [2.75, 3.05) is 23.8 Å². The minimum Gasteiger partial charge on any atom is -0.396 e. The van der Waals surface area contributed by atoms with Crippen LogP contribution >= 0.6 is 0 Å². The number of aromatic nitrogens is 3. The molecule has 0 aliphatic rings. The monoisotopic (exact) mass is 389 g/mol.